The minimum Gasteiger partial charge on any atom is -0.478 e. The summed E-state index contributed by atoms with van der Waals surface area (Å²) in [7, 11) is 0. The highest BCUT2D eigenvalue weighted by Gasteiger charge is 2.15. The molecule has 1 aliphatic rings. The monoisotopic (exact) mass is 410 g/mol. The number of carboxylic acid groups (broad SMARTS) is 1. The lowest BCUT2D eigenvalue weighted by molar-refractivity contribution is 0.0699. The van der Waals surface area contributed by atoms with Crippen LogP contribution in [-0.4, -0.2) is 40.7 Å². The quantitative estimate of drug-likeness (QED) is 0.495. The van der Waals surface area contributed by atoms with Crippen LogP contribution in [0, 0.1) is 12.8 Å². The van der Waals surface area contributed by atoms with Crippen LogP contribution in [-0.2, 0) is 0 Å². The molecular weight excluding hydrogens is 384 g/mol. The largest absolute Gasteiger partial charge is 0.478 e. The number of nitrogens with zero attached hydrogens (tertiary/aromatic N) is 2. The molecule has 0 aliphatic carbocycles. The molecule has 1 aromatic carbocycles. The fourth-order valence-electron chi connectivity index (χ4n) is 3.90. The number of hydrogen-bond acceptors (Lipinski definition) is 6. The van der Waals surface area contributed by atoms with Gasteiger partial charge in [0, 0.05) is 22.8 Å². The number of carboxylic acids is 1. The molecule has 0 radical (unpaired) electrons. The molecule has 152 valence electrons. The van der Waals surface area contributed by atoms with Gasteiger partial charge in [-0.2, -0.15) is 0 Å². The van der Waals surface area contributed by atoms with Crippen molar-refractivity contribution in [1.82, 2.24) is 15.3 Å². The van der Waals surface area contributed by atoms with E-state index in [2.05, 4.69) is 15.6 Å². The average molecular weight is 411 g/mol. The standard InChI is InChI=1S/C22H26N4O2S/c1-14-13-25-22(24-9-3-4-15-7-10-23-11-8-15)26-20(14)19-12-17-16(21(27)28)5-2-6-18(17)29-19/h2,5-6,12-13,15,23H,3-4,7-11H2,1H3,(H,27,28)(H,24,25,26). The lowest BCUT2D eigenvalue weighted by Gasteiger charge is -2.22. The van der Waals surface area contributed by atoms with Gasteiger partial charge in [-0.1, -0.05) is 6.07 Å². The Bertz CT molecular complexity index is 1010. The second-order valence-corrected chi connectivity index (χ2v) is 8.70. The summed E-state index contributed by atoms with van der Waals surface area (Å²) in [5.41, 5.74) is 2.17. The van der Waals surface area contributed by atoms with Gasteiger partial charge in [-0.05, 0) is 75.4 Å². The van der Waals surface area contributed by atoms with E-state index in [0.29, 0.717) is 11.5 Å². The van der Waals surface area contributed by atoms with Crippen molar-refractivity contribution < 1.29 is 9.90 Å². The van der Waals surface area contributed by atoms with Gasteiger partial charge in [0.25, 0.3) is 0 Å². The number of aryl methyl sites for hydroxylation is 1. The van der Waals surface area contributed by atoms with Crippen molar-refractivity contribution in [2.45, 2.75) is 32.6 Å². The molecule has 29 heavy (non-hydrogen) atoms. The van der Waals surface area contributed by atoms with Crippen molar-refractivity contribution in [1.29, 1.82) is 0 Å². The van der Waals surface area contributed by atoms with E-state index in [-0.39, 0.29) is 0 Å². The highest BCUT2D eigenvalue weighted by molar-refractivity contribution is 7.22. The van der Waals surface area contributed by atoms with E-state index in [0.717, 1.165) is 58.2 Å². The molecule has 0 spiro atoms. The number of nitrogens with one attached hydrogen (secondary N) is 2. The van der Waals surface area contributed by atoms with E-state index < -0.39 is 5.97 Å². The first-order valence-electron chi connectivity index (χ1n) is 10.2. The Balaban J connectivity index is 1.47. The van der Waals surface area contributed by atoms with Crippen molar-refractivity contribution in [2.75, 3.05) is 25.0 Å². The fourth-order valence-corrected chi connectivity index (χ4v) is 5.04. The van der Waals surface area contributed by atoms with E-state index in [1.165, 1.54) is 19.3 Å². The minimum absolute atomic E-state index is 0.327. The zero-order valence-electron chi connectivity index (χ0n) is 16.6. The number of anilines is 1. The van der Waals surface area contributed by atoms with Crippen LogP contribution in [0.4, 0.5) is 5.95 Å². The Morgan fingerprint density at radius 3 is 2.97 bits per heavy atom. The molecule has 1 saturated heterocycles. The van der Waals surface area contributed by atoms with Crippen molar-refractivity contribution in [3.63, 3.8) is 0 Å². The number of benzene rings is 1. The molecule has 3 aromatic rings. The highest BCUT2D eigenvalue weighted by atomic mass is 32.1. The third-order valence-corrected chi connectivity index (χ3v) is 6.63. The van der Waals surface area contributed by atoms with E-state index in [4.69, 9.17) is 4.98 Å². The second-order valence-electron chi connectivity index (χ2n) is 7.62. The number of aromatic nitrogens is 2. The molecule has 3 heterocycles. The normalized spacial score (nSPS) is 14.9. The van der Waals surface area contributed by atoms with Crippen LogP contribution < -0.4 is 10.6 Å². The third-order valence-electron chi connectivity index (χ3n) is 5.53. The Morgan fingerprint density at radius 1 is 1.34 bits per heavy atom. The van der Waals surface area contributed by atoms with Crippen molar-refractivity contribution in [3.05, 3.63) is 41.6 Å². The Morgan fingerprint density at radius 2 is 2.17 bits per heavy atom. The number of carbonyl (C=O) groups is 1. The van der Waals surface area contributed by atoms with Gasteiger partial charge < -0.3 is 15.7 Å². The molecule has 2 aromatic heterocycles. The van der Waals surface area contributed by atoms with Crippen LogP contribution in [0.25, 0.3) is 20.7 Å². The van der Waals surface area contributed by atoms with Crippen molar-refractivity contribution in [3.8, 4) is 10.6 Å². The highest BCUT2D eigenvalue weighted by Crippen LogP contribution is 2.35. The predicted molar refractivity (Wildman–Crippen MR) is 118 cm³/mol. The van der Waals surface area contributed by atoms with Crippen molar-refractivity contribution in [2.24, 2.45) is 5.92 Å². The van der Waals surface area contributed by atoms with Crippen LogP contribution in [0.2, 0.25) is 0 Å². The Labute approximate surface area is 174 Å². The summed E-state index contributed by atoms with van der Waals surface area (Å²) in [4.78, 5) is 21.6. The molecule has 1 fully saturated rings. The van der Waals surface area contributed by atoms with Gasteiger partial charge in [0.15, 0.2) is 0 Å². The van der Waals surface area contributed by atoms with Gasteiger partial charge in [-0.15, -0.1) is 11.3 Å². The first kappa shape index (κ1) is 19.8. The van der Waals surface area contributed by atoms with E-state index in [1.54, 1.807) is 23.5 Å². The Hall–Kier alpha value is -2.51. The summed E-state index contributed by atoms with van der Waals surface area (Å²) in [5.74, 6) is 0.553. The van der Waals surface area contributed by atoms with Gasteiger partial charge in [0.1, 0.15) is 0 Å². The zero-order valence-corrected chi connectivity index (χ0v) is 17.4. The molecule has 7 heteroatoms. The maximum absolute atomic E-state index is 11.5. The lowest BCUT2D eigenvalue weighted by Crippen LogP contribution is -2.27. The topological polar surface area (TPSA) is 87.1 Å². The number of aromatic carboxylic acids is 1. The number of thiophene rings is 1. The number of fused-ring (bicyclic) bond motifs is 1. The summed E-state index contributed by atoms with van der Waals surface area (Å²) < 4.78 is 0.953. The first-order chi connectivity index (χ1) is 14.1. The van der Waals surface area contributed by atoms with Crippen LogP contribution in [0.1, 0.15) is 41.6 Å². The maximum Gasteiger partial charge on any atom is 0.336 e. The van der Waals surface area contributed by atoms with Gasteiger partial charge in [0.05, 0.1) is 16.1 Å². The van der Waals surface area contributed by atoms with E-state index >= 15 is 0 Å². The molecule has 3 N–H and O–H groups in total. The van der Waals surface area contributed by atoms with Crippen LogP contribution in [0.3, 0.4) is 0 Å². The maximum atomic E-state index is 11.5. The number of hydrogen-bond donors (Lipinski definition) is 3. The zero-order chi connectivity index (χ0) is 20.2. The van der Waals surface area contributed by atoms with Crippen LogP contribution >= 0.6 is 11.3 Å². The smallest absolute Gasteiger partial charge is 0.336 e. The van der Waals surface area contributed by atoms with E-state index in [1.807, 2.05) is 25.3 Å². The first-order valence-corrected chi connectivity index (χ1v) is 11.0. The number of rotatable bonds is 7. The van der Waals surface area contributed by atoms with Gasteiger partial charge in [0.2, 0.25) is 5.95 Å². The predicted octanol–water partition coefficient (Wildman–Crippen LogP) is 4.56. The average Bonchev–Trinajstić information content (AvgIpc) is 3.17. The molecule has 1 aliphatic heterocycles. The fraction of sp³-hybridized carbons (Fsp3) is 0.409. The molecule has 4 rings (SSSR count). The molecule has 0 atom stereocenters. The molecule has 0 saturated carbocycles. The van der Waals surface area contributed by atoms with E-state index in [9.17, 15) is 9.90 Å². The number of piperidine rings is 1. The lowest BCUT2D eigenvalue weighted by atomic mass is 9.93. The molecular formula is C22H26N4O2S. The van der Waals surface area contributed by atoms with Crippen molar-refractivity contribution >= 4 is 33.3 Å². The molecule has 0 amide bonds. The third kappa shape index (κ3) is 4.57. The van der Waals surface area contributed by atoms with Gasteiger partial charge in [-0.3, -0.25) is 0 Å². The summed E-state index contributed by atoms with van der Waals surface area (Å²) in [6.45, 7) is 5.13. The molecule has 0 bridgehead atoms. The summed E-state index contributed by atoms with van der Waals surface area (Å²) in [6.07, 6.45) is 6.73. The minimum atomic E-state index is -0.907. The van der Waals surface area contributed by atoms with Gasteiger partial charge in [-0.25, -0.2) is 14.8 Å². The van der Waals surface area contributed by atoms with Gasteiger partial charge >= 0.3 is 5.97 Å². The molecule has 6 nitrogen and oxygen atoms in total. The Kier molecular flexibility index (Phi) is 6.06. The summed E-state index contributed by atoms with van der Waals surface area (Å²) >= 11 is 1.56. The molecule has 0 unspecified atom stereocenters. The SMILES string of the molecule is Cc1cnc(NCCCC2CCNCC2)nc1-c1cc2c(C(=O)O)cccc2s1. The second kappa shape index (κ2) is 8.88. The summed E-state index contributed by atoms with van der Waals surface area (Å²) in [6, 6.07) is 7.31. The van der Waals surface area contributed by atoms with Crippen LogP contribution in [0.5, 0.6) is 0 Å². The summed E-state index contributed by atoms with van der Waals surface area (Å²) in [5, 5.41) is 17.0. The van der Waals surface area contributed by atoms with Crippen LogP contribution in [0.15, 0.2) is 30.5 Å².